The van der Waals surface area contributed by atoms with E-state index in [4.69, 9.17) is 4.74 Å². The average Bonchev–Trinajstić information content (AvgIpc) is 2.63. The maximum atomic E-state index is 12.5. The van der Waals surface area contributed by atoms with Crippen molar-refractivity contribution in [1.29, 1.82) is 0 Å². The molecule has 0 radical (unpaired) electrons. The first-order valence-corrected chi connectivity index (χ1v) is 9.63. The number of ether oxygens (including phenoxy) is 2. The van der Waals surface area contributed by atoms with Crippen molar-refractivity contribution in [3.63, 3.8) is 0 Å². The van der Waals surface area contributed by atoms with Crippen LogP contribution < -0.4 is 14.8 Å². The fourth-order valence-corrected chi connectivity index (χ4v) is 3.43. The van der Waals surface area contributed by atoms with Gasteiger partial charge in [0.1, 0.15) is 0 Å². The minimum absolute atomic E-state index is 0.00533. The highest BCUT2D eigenvalue weighted by Crippen LogP contribution is 2.30. The molecule has 1 saturated carbocycles. The molecule has 0 unspecified atom stereocenters. The number of alkyl halides is 2. The number of carbonyl (C=O) groups excluding carboxylic acids is 1. The smallest absolute Gasteiger partial charge is 0.387 e. The van der Waals surface area contributed by atoms with E-state index in [1.165, 1.54) is 38.2 Å². The molecule has 27 heavy (non-hydrogen) atoms. The highest BCUT2D eigenvalue weighted by atomic mass is 19.3. The Morgan fingerprint density at radius 1 is 1.26 bits per heavy atom. The number of nitrogens with one attached hydrogen (secondary N) is 1. The van der Waals surface area contributed by atoms with Gasteiger partial charge < -0.3 is 14.8 Å². The Labute approximate surface area is 160 Å². The highest BCUT2D eigenvalue weighted by molar-refractivity contribution is 5.77. The molecule has 1 aliphatic rings. The quantitative estimate of drug-likeness (QED) is 0.666. The van der Waals surface area contributed by atoms with Crippen molar-refractivity contribution in [3.05, 3.63) is 23.8 Å². The summed E-state index contributed by atoms with van der Waals surface area (Å²) in [7, 11) is 1.85. The number of hydrogen-bond donors (Lipinski definition) is 1. The Kier molecular flexibility index (Phi) is 8.78. The summed E-state index contributed by atoms with van der Waals surface area (Å²) in [5, 5.41) is 3.02. The topological polar surface area (TPSA) is 50.8 Å². The molecule has 1 aromatic rings. The van der Waals surface area contributed by atoms with E-state index in [0.717, 1.165) is 12.1 Å². The van der Waals surface area contributed by atoms with Crippen LogP contribution in [-0.2, 0) is 11.3 Å². The number of halogens is 2. The molecule has 1 N–H and O–H groups in total. The molecule has 2 rings (SSSR count). The van der Waals surface area contributed by atoms with Crippen molar-refractivity contribution in [3.8, 4) is 11.5 Å². The molecular weight excluding hydrogens is 354 g/mol. The molecule has 1 fully saturated rings. The lowest BCUT2D eigenvalue weighted by Crippen LogP contribution is -2.37. The van der Waals surface area contributed by atoms with Crippen LogP contribution in [0.2, 0.25) is 0 Å². The molecule has 0 saturated heterocycles. The lowest BCUT2D eigenvalue weighted by molar-refractivity contribution is -0.122. The van der Waals surface area contributed by atoms with Crippen molar-refractivity contribution in [2.24, 2.45) is 5.92 Å². The predicted octanol–water partition coefficient (Wildman–Crippen LogP) is 3.82. The number of carbonyl (C=O) groups is 1. The van der Waals surface area contributed by atoms with Gasteiger partial charge in [0.2, 0.25) is 5.91 Å². The summed E-state index contributed by atoms with van der Waals surface area (Å²) >= 11 is 0. The molecular formula is C20H30F2N2O3. The molecule has 152 valence electrons. The van der Waals surface area contributed by atoms with Gasteiger partial charge in [-0.05, 0) is 50.4 Å². The first kappa shape index (κ1) is 21.4. The van der Waals surface area contributed by atoms with Gasteiger partial charge in [-0.3, -0.25) is 9.69 Å². The Morgan fingerprint density at radius 3 is 2.67 bits per heavy atom. The predicted molar refractivity (Wildman–Crippen MR) is 100 cm³/mol. The lowest BCUT2D eigenvalue weighted by Gasteiger charge is -2.23. The molecule has 1 aromatic carbocycles. The van der Waals surface area contributed by atoms with Crippen LogP contribution in [0.25, 0.3) is 0 Å². The summed E-state index contributed by atoms with van der Waals surface area (Å²) in [4.78, 5) is 14.0. The largest absolute Gasteiger partial charge is 0.490 e. The SMILES string of the molecule is CCOc1cc(CN(C)CC(=O)NCC2CCCCC2)ccc1OC(F)F. The van der Waals surface area contributed by atoms with Crippen molar-refractivity contribution in [1.82, 2.24) is 10.2 Å². The third-order valence-corrected chi connectivity index (χ3v) is 4.70. The van der Waals surface area contributed by atoms with Gasteiger partial charge in [-0.1, -0.05) is 25.3 Å². The van der Waals surface area contributed by atoms with E-state index in [-0.39, 0.29) is 24.0 Å². The minimum atomic E-state index is -2.90. The number of benzene rings is 1. The third-order valence-electron chi connectivity index (χ3n) is 4.70. The molecule has 7 heteroatoms. The summed E-state index contributed by atoms with van der Waals surface area (Å²) < 4.78 is 34.8. The van der Waals surface area contributed by atoms with Gasteiger partial charge in [0.15, 0.2) is 11.5 Å². The first-order chi connectivity index (χ1) is 13.0. The second-order valence-corrected chi connectivity index (χ2v) is 7.07. The van der Waals surface area contributed by atoms with E-state index in [1.807, 2.05) is 11.9 Å². The first-order valence-electron chi connectivity index (χ1n) is 9.63. The zero-order valence-corrected chi connectivity index (χ0v) is 16.2. The number of likely N-dealkylation sites (N-methyl/N-ethyl adjacent to an activating group) is 1. The Morgan fingerprint density at radius 2 is 2.00 bits per heavy atom. The van der Waals surface area contributed by atoms with E-state index in [2.05, 4.69) is 10.1 Å². The van der Waals surface area contributed by atoms with Crippen LogP contribution >= 0.6 is 0 Å². The summed E-state index contributed by atoms with van der Waals surface area (Å²) in [5.41, 5.74) is 0.864. The number of amides is 1. The molecule has 5 nitrogen and oxygen atoms in total. The Bertz CT molecular complexity index is 593. The van der Waals surface area contributed by atoms with E-state index < -0.39 is 6.61 Å². The minimum Gasteiger partial charge on any atom is -0.490 e. The van der Waals surface area contributed by atoms with Crippen LogP contribution in [0.5, 0.6) is 11.5 Å². The second kappa shape index (κ2) is 11.1. The zero-order chi connectivity index (χ0) is 19.6. The molecule has 1 amide bonds. The van der Waals surface area contributed by atoms with Crippen LogP contribution in [-0.4, -0.2) is 44.2 Å². The number of rotatable bonds is 10. The maximum Gasteiger partial charge on any atom is 0.387 e. The van der Waals surface area contributed by atoms with Crippen LogP contribution in [0.15, 0.2) is 18.2 Å². The monoisotopic (exact) mass is 384 g/mol. The average molecular weight is 384 g/mol. The third kappa shape index (κ3) is 7.71. The van der Waals surface area contributed by atoms with E-state index >= 15 is 0 Å². The van der Waals surface area contributed by atoms with E-state index in [0.29, 0.717) is 19.1 Å². The summed E-state index contributed by atoms with van der Waals surface area (Å²) in [6.45, 7) is 0.772. The van der Waals surface area contributed by atoms with Gasteiger partial charge in [0, 0.05) is 13.1 Å². The molecule has 0 aliphatic heterocycles. The number of nitrogens with zero attached hydrogens (tertiary/aromatic N) is 1. The van der Waals surface area contributed by atoms with Crippen molar-refractivity contribution in [2.45, 2.75) is 52.2 Å². The van der Waals surface area contributed by atoms with Crippen molar-refractivity contribution < 1.29 is 23.0 Å². The van der Waals surface area contributed by atoms with Crippen LogP contribution in [0.4, 0.5) is 8.78 Å². The van der Waals surface area contributed by atoms with E-state index in [9.17, 15) is 13.6 Å². The standard InChI is InChI=1S/C20H30F2N2O3/c1-3-26-18-11-16(9-10-17(18)27-20(21)22)13-24(2)14-19(25)23-12-15-7-5-4-6-8-15/h9-11,15,20H,3-8,12-14H2,1-2H3,(H,23,25). The lowest BCUT2D eigenvalue weighted by atomic mass is 9.89. The molecule has 0 atom stereocenters. The summed E-state index contributed by atoms with van der Waals surface area (Å²) in [6, 6.07) is 4.86. The van der Waals surface area contributed by atoms with Crippen LogP contribution in [0.1, 0.15) is 44.6 Å². The Hall–Kier alpha value is -1.89. The van der Waals surface area contributed by atoms with Gasteiger partial charge in [-0.15, -0.1) is 0 Å². The fourth-order valence-electron chi connectivity index (χ4n) is 3.43. The van der Waals surface area contributed by atoms with Gasteiger partial charge in [0.05, 0.1) is 13.2 Å². The second-order valence-electron chi connectivity index (χ2n) is 7.07. The van der Waals surface area contributed by atoms with Gasteiger partial charge in [0.25, 0.3) is 0 Å². The van der Waals surface area contributed by atoms with Gasteiger partial charge in [-0.2, -0.15) is 8.78 Å². The molecule has 0 spiro atoms. The zero-order valence-electron chi connectivity index (χ0n) is 16.2. The normalized spacial score (nSPS) is 15.2. The van der Waals surface area contributed by atoms with E-state index in [1.54, 1.807) is 19.1 Å². The number of hydrogen-bond acceptors (Lipinski definition) is 4. The fraction of sp³-hybridized carbons (Fsp3) is 0.650. The van der Waals surface area contributed by atoms with Crippen LogP contribution in [0.3, 0.4) is 0 Å². The van der Waals surface area contributed by atoms with Crippen molar-refractivity contribution in [2.75, 3.05) is 26.7 Å². The highest BCUT2D eigenvalue weighted by Gasteiger charge is 2.16. The maximum absolute atomic E-state index is 12.5. The van der Waals surface area contributed by atoms with Crippen LogP contribution in [0, 0.1) is 5.92 Å². The Balaban J connectivity index is 1.83. The molecule has 0 heterocycles. The molecule has 0 bridgehead atoms. The molecule has 1 aliphatic carbocycles. The summed E-state index contributed by atoms with van der Waals surface area (Å²) in [5.74, 6) is 0.906. The summed E-state index contributed by atoms with van der Waals surface area (Å²) in [6.07, 6.45) is 6.21. The van der Waals surface area contributed by atoms with Gasteiger partial charge in [-0.25, -0.2) is 0 Å². The van der Waals surface area contributed by atoms with Gasteiger partial charge >= 0.3 is 6.61 Å². The molecule has 0 aromatic heterocycles. The van der Waals surface area contributed by atoms with Crippen molar-refractivity contribution >= 4 is 5.91 Å².